The summed E-state index contributed by atoms with van der Waals surface area (Å²) >= 11 is 0. The molecule has 162 valence electrons. The molecule has 6 nitrogen and oxygen atoms in total. The van der Waals surface area contributed by atoms with Gasteiger partial charge in [0.1, 0.15) is 11.9 Å². The van der Waals surface area contributed by atoms with Gasteiger partial charge in [0, 0.05) is 29.9 Å². The molecule has 2 N–H and O–H groups in total. The average molecular weight is 418 g/mol. The zero-order chi connectivity index (χ0) is 21.8. The lowest BCUT2D eigenvalue weighted by molar-refractivity contribution is -0.116. The lowest BCUT2D eigenvalue weighted by Crippen LogP contribution is -2.31. The molecule has 2 aromatic carbocycles. The molecule has 0 aliphatic carbocycles. The van der Waals surface area contributed by atoms with Crippen LogP contribution in [0.2, 0.25) is 0 Å². The number of nitrogens with one attached hydrogen (secondary N) is 2. The van der Waals surface area contributed by atoms with Crippen molar-refractivity contribution < 1.29 is 4.79 Å². The molecule has 6 heteroatoms. The molecule has 0 bridgehead atoms. The normalized spacial score (nSPS) is 14.6. The number of carbonyl (C=O) groups is 1. The van der Waals surface area contributed by atoms with Crippen molar-refractivity contribution >= 4 is 17.3 Å². The van der Waals surface area contributed by atoms with Gasteiger partial charge in [0.2, 0.25) is 5.91 Å². The van der Waals surface area contributed by atoms with E-state index in [9.17, 15) is 4.79 Å². The molecular formula is C25H31N5O. The SMILES string of the molecule is CC(C)c1ccc(NC(=O)[C@H](C)Nc2cccc(-c3nnc4n3CCCCC4)c2)cc1. The largest absolute Gasteiger partial charge is 0.374 e. The van der Waals surface area contributed by atoms with Crippen molar-refractivity contribution in [2.75, 3.05) is 10.6 Å². The number of anilines is 2. The van der Waals surface area contributed by atoms with Crippen molar-refractivity contribution in [3.63, 3.8) is 0 Å². The number of nitrogens with zero attached hydrogens (tertiary/aromatic N) is 3. The van der Waals surface area contributed by atoms with E-state index in [1.54, 1.807) is 0 Å². The van der Waals surface area contributed by atoms with E-state index in [1.807, 2.05) is 43.3 Å². The lowest BCUT2D eigenvalue weighted by atomic mass is 10.0. The van der Waals surface area contributed by atoms with Crippen LogP contribution in [-0.4, -0.2) is 26.7 Å². The molecule has 1 amide bonds. The molecule has 0 radical (unpaired) electrons. The van der Waals surface area contributed by atoms with E-state index in [2.05, 4.69) is 51.4 Å². The molecule has 0 unspecified atom stereocenters. The van der Waals surface area contributed by atoms with E-state index in [4.69, 9.17) is 0 Å². The van der Waals surface area contributed by atoms with Crippen LogP contribution in [-0.2, 0) is 17.8 Å². The third-order valence-corrected chi connectivity index (χ3v) is 5.85. The molecule has 2 heterocycles. The fourth-order valence-corrected chi connectivity index (χ4v) is 3.96. The van der Waals surface area contributed by atoms with Gasteiger partial charge >= 0.3 is 0 Å². The number of rotatable bonds is 6. The molecule has 1 aliphatic heterocycles. The minimum Gasteiger partial charge on any atom is -0.374 e. The summed E-state index contributed by atoms with van der Waals surface area (Å²) in [5, 5.41) is 15.2. The van der Waals surface area contributed by atoms with Crippen molar-refractivity contribution in [1.29, 1.82) is 0 Å². The lowest BCUT2D eigenvalue weighted by Gasteiger charge is -2.16. The summed E-state index contributed by atoms with van der Waals surface area (Å²) < 4.78 is 2.24. The van der Waals surface area contributed by atoms with Gasteiger partial charge in [-0.25, -0.2) is 0 Å². The van der Waals surface area contributed by atoms with Crippen LogP contribution in [0.4, 0.5) is 11.4 Å². The van der Waals surface area contributed by atoms with Gasteiger partial charge in [-0.05, 0) is 55.5 Å². The highest BCUT2D eigenvalue weighted by atomic mass is 16.2. The molecular weight excluding hydrogens is 386 g/mol. The van der Waals surface area contributed by atoms with Crippen molar-refractivity contribution in [3.8, 4) is 11.4 Å². The zero-order valence-electron chi connectivity index (χ0n) is 18.6. The molecule has 0 saturated carbocycles. The molecule has 3 aromatic rings. The highest BCUT2D eigenvalue weighted by Gasteiger charge is 2.17. The average Bonchev–Trinajstić information content (AvgIpc) is 3.02. The highest BCUT2D eigenvalue weighted by Crippen LogP contribution is 2.25. The van der Waals surface area contributed by atoms with Gasteiger partial charge in [-0.3, -0.25) is 4.79 Å². The second-order valence-electron chi connectivity index (χ2n) is 8.61. The molecule has 0 spiro atoms. The number of aromatic nitrogens is 3. The number of hydrogen-bond donors (Lipinski definition) is 2. The Hall–Kier alpha value is -3.15. The maximum atomic E-state index is 12.7. The third-order valence-electron chi connectivity index (χ3n) is 5.85. The Kier molecular flexibility index (Phi) is 6.35. The second-order valence-corrected chi connectivity index (χ2v) is 8.61. The van der Waals surface area contributed by atoms with Gasteiger partial charge in [-0.2, -0.15) is 0 Å². The summed E-state index contributed by atoms with van der Waals surface area (Å²) in [6, 6.07) is 15.7. The molecule has 0 fully saturated rings. The summed E-state index contributed by atoms with van der Waals surface area (Å²) in [6.45, 7) is 7.15. The monoisotopic (exact) mass is 417 g/mol. The van der Waals surface area contributed by atoms with E-state index in [0.717, 1.165) is 48.0 Å². The first-order valence-corrected chi connectivity index (χ1v) is 11.2. The molecule has 4 rings (SSSR count). The summed E-state index contributed by atoms with van der Waals surface area (Å²) in [7, 11) is 0. The highest BCUT2D eigenvalue weighted by molar-refractivity contribution is 5.96. The molecule has 1 aliphatic rings. The predicted octanol–water partition coefficient (Wildman–Crippen LogP) is 5.23. The van der Waals surface area contributed by atoms with E-state index >= 15 is 0 Å². The van der Waals surface area contributed by atoms with E-state index in [0.29, 0.717) is 5.92 Å². The first kappa shape index (κ1) is 21.1. The van der Waals surface area contributed by atoms with E-state index in [1.165, 1.54) is 18.4 Å². The number of benzene rings is 2. The van der Waals surface area contributed by atoms with Crippen LogP contribution >= 0.6 is 0 Å². The fraction of sp³-hybridized carbons (Fsp3) is 0.400. The third kappa shape index (κ3) is 4.95. The number of amides is 1. The maximum Gasteiger partial charge on any atom is 0.246 e. The second kappa shape index (κ2) is 9.33. The molecule has 1 atom stereocenters. The topological polar surface area (TPSA) is 71.8 Å². The van der Waals surface area contributed by atoms with Crippen LogP contribution in [0.15, 0.2) is 48.5 Å². The standard InChI is InChI=1S/C25H31N5O/c1-17(2)19-11-13-21(14-12-19)27-25(31)18(3)26-22-9-7-8-20(16-22)24-29-28-23-10-5-4-6-15-30(23)24/h7-9,11-14,16-18,26H,4-6,10,15H2,1-3H3,(H,27,31)/t18-/m0/s1. The van der Waals surface area contributed by atoms with Gasteiger partial charge in [0.05, 0.1) is 0 Å². The van der Waals surface area contributed by atoms with Gasteiger partial charge in [-0.1, -0.05) is 44.5 Å². The Labute approximate surface area is 184 Å². The minimum atomic E-state index is -0.379. The van der Waals surface area contributed by atoms with Gasteiger partial charge in [0.15, 0.2) is 5.82 Å². The van der Waals surface area contributed by atoms with Crippen molar-refractivity contribution in [2.24, 2.45) is 0 Å². The van der Waals surface area contributed by atoms with Gasteiger partial charge in [0.25, 0.3) is 0 Å². The fourth-order valence-electron chi connectivity index (χ4n) is 3.96. The first-order valence-electron chi connectivity index (χ1n) is 11.2. The van der Waals surface area contributed by atoms with Crippen LogP contribution in [0.1, 0.15) is 57.3 Å². The van der Waals surface area contributed by atoms with Crippen molar-refractivity contribution in [1.82, 2.24) is 14.8 Å². The summed E-state index contributed by atoms with van der Waals surface area (Å²) in [5.41, 5.74) is 3.97. The van der Waals surface area contributed by atoms with Crippen LogP contribution in [0.3, 0.4) is 0 Å². The Bertz CT molecular complexity index is 1040. The van der Waals surface area contributed by atoms with Crippen LogP contribution in [0, 0.1) is 0 Å². The van der Waals surface area contributed by atoms with Crippen LogP contribution in [0.25, 0.3) is 11.4 Å². The molecule has 0 saturated heterocycles. The number of fused-ring (bicyclic) bond motifs is 1. The Morgan fingerprint density at radius 2 is 1.77 bits per heavy atom. The maximum absolute atomic E-state index is 12.7. The molecule has 31 heavy (non-hydrogen) atoms. The smallest absolute Gasteiger partial charge is 0.246 e. The minimum absolute atomic E-state index is 0.0703. The van der Waals surface area contributed by atoms with Crippen molar-refractivity contribution in [2.45, 2.75) is 65.0 Å². The van der Waals surface area contributed by atoms with E-state index < -0.39 is 0 Å². The van der Waals surface area contributed by atoms with Gasteiger partial charge < -0.3 is 15.2 Å². The summed E-state index contributed by atoms with van der Waals surface area (Å²) in [6.07, 6.45) is 4.55. The number of carbonyl (C=O) groups excluding carboxylic acids is 1. The Balaban J connectivity index is 1.44. The number of hydrogen-bond acceptors (Lipinski definition) is 4. The Morgan fingerprint density at radius 1 is 0.968 bits per heavy atom. The van der Waals surface area contributed by atoms with Gasteiger partial charge in [-0.15, -0.1) is 10.2 Å². The Morgan fingerprint density at radius 3 is 2.55 bits per heavy atom. The molecule has 1 aromatic heterocycles. The van der Waals surface area contributed by atoms with Crippen LogP contribution < -0.4 is 10.6 Å². The predicted molar refractivity (Wildman–Crippen MR) is 125 cm³/mol. The number of aryl methyl sites for hydroxylation is 1. The van der Waals surface area contributed by atoms with Crippen LogP contribution in [0.5, 0.6) is 0 Å². The van der Waals surface area contributed by atoms with Crippen molar-refractivity contribution in [3.05, 3.63) is 59.9 Å². The first-order chi connectivity index (χ1) is 15.0. The summed E-state index contributed by atoms with van der Waals surface area (Å²) in [5.74, 6) is 2.38. The summed E-state index contributed by atoms with van der Waals surface area (Å²) in [4.78, 5) is 12.7. The zero-order valence-corrected chi connectivity index (χ0v) is 18.6. The quantitative estimate of drug-likeness (QED) is 0.576. The van der Waals surface area contributed by atoms with E-state index in [-0.39, 0.29) is 11.9 Å².